The summed E-state index contributed by atoms with van der Waals surface area (Å²) < 4.78 is 5.26. The van der Waals surface area contributed by atoms with Gasteiger partial charge in [0.25, 0.3) is 0 Å². The molecule has 0 aliphatic carbocycles. The van der Waals surface area contributed by atoms with Gasteiger partial charge in [-0.15, -0.1) is 0 Å². The van der Waals surface area contributed by atoms with Crippen molar-refractivity contribution >= 4 is 0 Å². The molecule has 0 aliphatic rings. The fourth-order valence-electron chi connectivity index (χ4n) is 1.56. The molecule has 1 rings (SSSR count). The summed E-state index contributed by atoms with van der Waals surface area (Å²) in [6.07, 6.45) is 0.871. The maximum absolute atomic E-state index is 5.99. The first-order valence-electron chi connectivity index (χ1n) is 4.85. The number of benzene rings is 1. The van der Waals surface area contributed by atoms with E-state index >= 15 is 0 Å². The fraction of sp³-hybridized carbons (Fsp3) is 0.500. The first kappa shape index (κ1) is 11.1. The van der Waals surface area contributed by atoms with Crippen molar-refractivity contribution in [3.63, 3.8) is 0 Å². The van der Waals surface area contributed by atoms with Gasteiger partial charge < -0.3 is 10.5 Å². The Morgan fingerprint density at radius 3 is 2.50 bits per heavy atom. The van der Waals surface area contributed by atoms with Crippen LogP contribution in [-0.2, 0) is 6.42 Å². The molecule has 0 aromatic heterocycles. The largest absolute Gasteiger partial charge is 0.496 e. The van der Waals surface area contributed by atoms with E-state index in [1.165, 1.54) is 11.1 Å². The van der Waals surface area contributed by atoms with Crippen LogP contribution in [0.3, 0.4) is 0 Å². The monoisotopic (exact) mass is 193 g/mol. The van der Waals surface area contributed by atoms with E-state index in [4.69, 9.17) is 10.5 Å². The molecule has 78 valence electrons. The molecule has 0 amide bonds. The molecule has 2 heteroatoms. The Morgan fingerprint density at radius 1 is 1.36 bits per heavy atom. The van der Waals surface area contributed by atoms with Crippen LogP contribution < -0.4 is 10.5 Å². The molecular formula is C12H19NO. The molecule has 14 heavy (non-hydrogen) atoms. The van der Waals surface area contributed by atoms with Crippen molar-refractivity contribution in [2.75, 3.05) is 7.11 Å². The topological polar surface area (TPSA) is 35.2 Å². The van der Waals surface area contributed by atoms with Crippen LogP contribution in [0.4, 0.5) is 0 Å². The minimum absolute atomic E-state index is 0.170. The van der Waals surface area contributed by atoms with Crippen LogP contribution in [-0.4, -0.2) is 12.6 Å². The van der Waals surface area contributed by atoms with Gasteiger partial charge in [0.1, 0.15) is 5.75 Å². The van der Waals surface area contributed by atoms with Gasteiger partial charge in [-0.2, -0.15) is 0 Å². The summed E-state index contributed by atoms with van der Waals surface area (Å²) in [6.45, 7) is 6.14. The summed E-state index contributed by atoms with van der Waals surface area (Å²) >= 11 is 0. The zero-order valence-electron chi connectivity index (χ0n) is 9.42. The van der Waals surface area contributed by atoms with Gasteiger partial charge in [0.2, 0.25) is 0 Å². The third-order valence-electron chi connectivity index (χ3n) is 2.26. The van der Waals surface area contributed by atoms with Gasteiger partial charge >= 0.3 is 0 Å². The van der Waals surface area contributed by atoms with E-state index in [0.29, 0.717) is 0 Å². The second-order valence-electron chi connectivity index (χ2n) is 4.41. The summed E-state index contributed by atoms with van der Waals surface area (Å²) in [5.41, 5.74) is 8.27. The third kappa shape index (κ3) is 2.74. The lowest BCUT2D eigenvalue weighted by Crippen LogP contribution is -2.34. The summed E-state index contributed by atoms with van der Waals surface area (Å²) in [7, 11) is 1.69. The maximum atomic E-state index is 5.99. The highest BCUT2D eigenvalue weighted by molar-refractivity contribution is 5.39. The molecule has 0 saturated heterocycles. The predicted molar refractivity (Wildman–Crippen MR) is 59.7 cm³/mol. The molecule has 0 saturated carbocycles. The van der Waals surface area contributed by atoms with Gasteiger partial charge in [-0.05, 0) is 44.4 Å². The molecule has 0 heterocycles. The maximum Gasteiger partial charge on any atom is 0.122 e. The molecule has 0 unspecified atom stereocenters. The highest BCUT2D eigenvalue weighted by Crippen LogP contribution is 2.23. The molecule has 0 fully saturated rings. The summed E-state index contributed by atoms with van der Waals surface area (Å²) in [4.78, 5) is 0. The van der Waals surface area contributed by atoms with Gasteiger partial charge in [0, 0.05) is 5.54 Å². The molecule has 2 N–H and O–H groups in total. The van der Waals surface area contributed by atoms with E-state index in [-0.39, 0.29) is 5.54 Å². The van der Waals surface area contributed by atoms with E-state index in [1.54, 1.807) is 7.11 Å². The zero-order valence-corrected chi connectivity index (χ0v) is 9.42. The minimum Gasteiger partial charge on any atom is -0.496 e. The van der Waals surface area contributed by atoms with Crippen LogP contribution in [0, 0.1) is 6.92 Å². The molecule has 0 bridgehead atoms. The van der Waals surface area contributed by atoms with Crippen LogP contribution in [0.25, 0.3) is 0 Å². The van der Waals surface area contributed by atoms with E-state index in [0.717, 1.165) is 12.2 Å². The van der Waals surface area contributed by atoms with Crippen LogP contribution in [0.2, 0.25) is 0 Å². The minimum atomic E-state index is -0.170. The molecule has 0 atom stereocenters. The Labute approximate surface area is 86.1 Å². The van der Waals surface area contributed by atoms with Crippen LogP contribution in [0.15, 0.2) is 18.2 Å². The molecule has 0 radical (unpaired) electrons. The quantitative estimate of drug-likeness (QED) is 0.799. The normalized spacial score (nSPS) is 11.5. The van der Waals surface area contributed by atoms with E-state index in [9.17, 15) is 0 Å². The summed E-state index contributed by atoms with van der Waals surface area (Å²) in [5, 5.41) is 0. The van der Waals surface area contributed by atoms with Crippen LogP contribution in [0.1, 0.15) is 25.0 Å². The van der Waals surface area contributed by atoms with Crippen LogP contribution >= 0.6 is 0 Å². The van der Waals surface area contributed by atoms with Crippen molar-refractivity contribution in [3.05, 3.63) is 29.3 Å². The van der Waals surface area contributed by atoms with Crippen molar-refractivity contribution in [2.45, 2.75) is 32.7 Å². The Kier molecular flexibility index (Phi) is 3.17. The van der Waals surface area contributed by atoms with Crippen molar-refractivity contribution in [3.8, 4) is 5.75 Å². The van der Waals surface area contributed by atoms with Gasteiger partial charge in [-0.3, -0.25) is 0 Å². The van der Waals surface area contributed by atoms with E-state index in [2.05, 4.69) is 13.0 Å². The third-order valence-corrected chi connectivity index (χ3v) is 2.26. The first-order chi connectivity index (χ1) is 6.44. The lowest BCUT2D eigenvalue weighted by molar-refractivity contribution is 0.410. The lowest BCUT2D eigenvalue weighted by Gasteiger charge is -2.20. The highest BCUT2D eigenvalue weighted by Gasteiger charge is 2.14. The number of hydrogen-bond donors (Lipinski definition) is 1. The summed E-state index contributed by atoms with van der Waals surface area (Å²) in [5.74, 6) is 0.937. The van der Waals surface area contributed by atoms with Crippen LogP contribution in [0.5, 0.6) is 5.75 Å². The lowest BCUT2D eigenvalue weighted by atomic mass is 9.93. The molecule has 1 aromatic carbocycles. The predicted octanol–water partition coefficient (Wildman–Crippen LogP) is 2.28. The number of methoxy groups -OCH3 is 1. The average Bonchev–Trinajstić information content (AvgIpc) is 2.06. The molecule has 1 aromatic rings. The van der Waals surface area contributed by atoms with Gasteiger partial charge in [-0.25, -0.2) is 0 Å². The van der Waals surface area contributed by atoms with Crippen molar-refractivity contribution in [1.82, 2.24) is 0 Å². The van der Waals surface area contributed by atoms with Gasteiger partial charge in [0.05, 0.1) is 7.11 Å². The standard InChI is InChI=1S/C12H19NO/c1-9-10(8-12(2,3)13)6-5-7-11(9)14-4/h5-7H,8,13H2,1-4H3. The average molecular weight is 193 g/mol. The molecule has 2 nitrogen and oxygen atoms in total. The number of ether oxygens (including phenoxy) is 1. The van der Waals surface area contributed by atoms with E-state index in [1.807, 2.05) is 26.0 Å². The second kappa shape index (κ2) is 4.01. The molecule has 0 spiro atoms. The Balaban J connectivity index is 2.98. The van der Waals surface area contributed by atoms with Crippen molar-refractivity contribution < 1.29 is 4.74 Å². The smallest absolute Gasteiger partial charge is 0.122 e. The van der Waals surface area contributed by atoms with Gasteiger partial charge in [0.15, 0.2) is 0 Å². The number of rotatable bonds is 3. The van der Waals surface area contributed by atoms with E-state index < -0.39 is 0 Å². The molecular weight excluding hydrogens is 174 g/mol. The Morgan fingerprint density at radius 2 is 2.00 bits per heavy atom. The van der Waals surface area contributed by atoms with Gasteiger partial charge in [-0.1, -0.05) is 12.1 Å². The zero-order chi connectivity index (χ0) is 10.8. The number of hydrogen-bond acceptors (Lipinski definition) is 2. The Hall–Kier alpha value is -1.02. The first-order valence-corrected chi connectivity index (χ1v) is 4.85. The SMILES string of the molecule is COc1cccc(CC(C)(C)N)c1C. The fourth-order valence-corrected chi connectivity index (χ4v) is 1.56. The Bertz CT molecular complexity index is 313. The van der Waals surface area contributed by atoms with Crippen molar-refractivity contribution in [1.29, 1.82) is 0 Å². The number of nitrogens with two attached hydrogens (primary N) is 1. The van der Waals surface area contributed by atoms with Crippen molar-refractivity contribution in [2.24, 2.45) is 5.73 Å². The summed E-state index contributed by atoms with van der Waals surface area (Å²) in [6, 6.07) is 6.09. The second-order valence-corrected chi connectivity index (χ2v) is 4.41. The molecule has 0 aliphatic heterocycles. The highest BCUT2D eigenvalue weighted by atomic mass is 16.5.